The predicted molar refractivity (Wildman–Crippen MR) is 85.5 cm³/mol. The van der Waals surface area contributed by atoms with Gasteiger partial charge in [0.05, 0.1) is 23.6 Å². The summed E-state index contributed by atoms with van der Waals surface area (Å²) in [6, 6.07) is 7.02. The molecule has 0 radical (unpaired) electrons. The number of hydrogen-bond acceptors (Lipinski definition) is 4. The van der Waals surface area contributed by atoms with Crippen molar-refractivity contribution in [1.29, 1.82) is 0 Å². The topological polar surface area (TPSA) is 58.6 Å². The van der Waals surface area contributed by atoms with Crippen LogP contribution in [0.15, 0.2) is 24.3 Å². The Balaban J connectivity index is 1.62. The van der Waals surface area contributed by atoms with Gasteiger partial charge in [0.2, 0.25) is 0 Å². The summed E-state index contributed by atoms with van der Waals surface area (Å²) in [4.78, 5) is 27.9. The van der Waals surface area contributed by atoms with Gasteiger partial charge in [-0.25, -0.2) is 0 Å². The fourth-order valence-corrected chi connectivity index (χ4v) is 4.19. The summed E-state index contributed by atoms with van der Waals surface area (Å²) in [5.41, 5.74) is 0.506. The molecule has 122 valence electrons. The summed E-state index contributed by atoms with van der Waals surface area (Å²) in [5.74, 6) is 0.495. The third kappa shape index (κ3) is 2.39. The van der Waals surface area contributed by atoms with Crippen LogP contribution in [0.3, 0.4) is 0 Å². The van der Waals surface area contributed by atoms with E-state index in [1.165, 1.54) is 0 Å². The van der Waals surface area contributed by atoms with Gasteiger partial charge in [-0.05, 0) is 25.3 Å². The van der Waals surface area contributed by atoms with E-state index in [2.05, 4.69) is 10.2 Å². The number of fused-ring (bicyclic) bond motifs is 2. The molecule has 0 spiro atoms. The Kier molecular flexibility index (Phi) is 3.50. The summed E-state index contributed by atoms with van der Waals surface area (Å²) in [7, 11) is 0. The average Bonchev–Trinajstić information content (AvgIpc) is 3.14. The van der Waals surface area contributed by atoms with Crippen LogP contribution in [0, 0.1) is 11.3 Å². The number of carbonyl (C=O) groups excluding carboxylic acids is 2. The van der Waals surface area contributed by atoms with Crippen LogP contribution in [-0.2, 0) is 4.74 Å². The van der Waals surface area contributed by atoms with Crippen molar-refractivity contribution in [2.75, 3.05) is 32.8 Å². The monoisotopic (exact) mass is 314 g/mol. The summed E-state index contributed by atoms with van der Waals surface area (Å²) >= 11 is 0. The highest BCUT2D eigenvalue weighted by Crippen LogP contribution is 2.37. The van der Waals surface area contributed by atoms with E-state index in [9.17, 15) is 9.59 Å². The number of nitrogens with one attached hydrogen (secondary N) is 1. The Bertz CT molecular complexity index is 653. The van der Waals surface area contributed by atoms with Crippen molar-refractivity contribution >= 4 is 11.7 Å². The molecule has 23 heavy (non-hydrogen) atoms. The van der Waals surface area contributed by atoms with Gasteiger partial charge in [0.1, 0.15) is 0 Å². The summed E-state index contributed by atoms with van der Waals surface area (Å²) in [6.07, 6.45) is 1.08. The molecule has 3 heterocycles. The van der Waals surface area contributed by atoms with Crippen LogP contribution in [0.4, 0.5) is 0 Å². The third-order valence-electron chi connectivity index (χ3n) is 5.54. The maximum absolute atomic E-state index is 13.1. The highest BCUT2D eigenvalue weighted by Gasteiger charge is 2.51. The number of benzene rings is 1. The molecule has 3 aliphatic rings. The predicted octanol–water partition coefficient (Wildman–Crippen LogP) is 1.34. The van der Waals surface area contributed by atoms with Crippen molar-refractivity contribution in [2.24, 2.45) is 11.3 Å². The van der Waals surface area contributed by atoms with Crippen LogP contribution in [0.25, 0.3) is 0 Å². The van der Waals surface area contributed by atoms with E-state index in [0.717, 1.165) is 32.7 Å². The lowest BCUT2D eigenvalue weighted by atomic mass is 9.78. The molecule has 1 amide bonds. The zero-order valence-corrected chi connectivity index (χ0v) is 13.4. The van der Waals surface area contributed by atoms with Gasteiger partial charge in [0, 0.05) is 31.8 Å². The minimum absolute atomic E-state index is 0.0848. The fourth-order valence-electron chi connectivity index (χ4n) is 4.19. The second kappa shape index (κ2) is 5.42. The molecule has 2 fully saturated rings. The van der Waals surface area contributed by atoms with Crippen molar-refractivity contribution in [1.82, 2.24) is 10.2 Å². The zero-order chi connectivity index (χ0) is 16.0. The van der Waals surface area contributed by atoms with Gasteiger partial charge in [-0.1, -0.05) is 18.2 Å². The van der Waals surface area contributed by atoms with Crippen LogP contribution in [-0.4, -0.2) is 55.5 Å². The first-order chi connectivity index (χ1) is 11.1. The second-order valence-corrected chi connectivity index (χ2v) is 7.24. The zero-order valence-electron chi connectivity index (χ0n) is 13.4. The molecule has 0 saturated carbocycles. The maximum Gasteiger partial charge on any atom is 0.252 e. The summed E-state index contributed by atoms with van der Waals surface area (Å²) < 4.78 is 5.45. The Hall–Kier alpha value is -1.72. The van der Waals surface area contributed by atoms with Gasteiger partial charge < -0.3 is 10.1 Å². The molecule has 3 aliphatic heterocycles. The van der Waals surface area contributed by atoms with Crippen molar-refractivity contribution < 1.29 is 14.3 Å². The number of likely N-dealkylation sites (tertiary alicyclic amines) is 1. The first kappa shape index (κ1) is 14.8. The Morgan fingerprint density at radius 3 is 2.83 bits per heavy atom. The third-order valence-corrected chi connectivity index (χ3v) is 5.54. The van der Waals surface area contributed by atoms with Crippen molar-refractivity contribution in [3.8, 4) is 0 Å². The van der Waals surface area contributed by atoms with E-state index in [1.807, 2.05) is 19.1 Å². The molecule has 5 nitrogen and oxygen atoms in total. The Morgan fingerprint density at radius 2 is 2.09 bits per heavy atom. The van der Waals surface area contributed by atoms with E-state index in [-0.39, 0.29) is 17.7 Å². The lowest BCUT2D eigenvalue weighted by Crippen LogP contribution is -2.47. The molecule has 5 heteroatoms. The molecule has 0 aliphatic carbocycles. The average molecular weight is 314 g/mol. The van der Waals surface area contributed by atoms with Gasteiger partial charge in [-0.2, -0.15) is 0 Å². The smallest absolute Gasteiger partial charge is 0.252 e. The highest BCUT2D eigenvalue weighted by molar-refractivity contribution is 6.12. The summed E-state index contributed by atoms with van der Waals surface area (Å²) in [6.45, 7) is 6.01. The van der Waals surface area contributed by atoms with Crippen LogP contribution >= 0.6 is 0 Å². The molecule has 3 atom stereocenters. The van der Waals surface area contributed by atoms with Gasteiger partial charge in [0.15, 0.2) is 5.78 Å². The first-order valence-corrected chi connectivity index (χ1v) is 8.33. The number of Topliss-reactive ketones (excluding diaryl/α,β-unsaturated/α-hetero) is 1. The van der Waals surface area contributed by atoms with Crippen molar-refractivity contribution in [3.63, 3.8) is 0 Å². The standard InChI is InChI=1S/C18H22N2O3/c1-18-11-20(8-12-6-7-23-10-12)9-15(18)19-17(22)14-5-3-2-4-13(14)16(18)21/h2-5,12,15H,6-11H2,1H3,(H,19,22)/t12-,15+,18-/m0/s1. The SMILES string of the molecule is C[C@]12CN(C[C@@H]3CCOC3)C[C@H]1NC(=O)c1ccccc1C2=O. The first-order valence-electron chi connectivity index (χ1n) is 8.33. The lowest BCUT2D eigenvalue weighted by Gasteiger charge is -2.27. The largest absolute Gasteiger partial charge is 0.381 e. The van der Waals surface area contributed by atoms with E-state index in [0.29, 0.717) is 23.6 Å². The number of ether oxygens (including phenoxy) is 1. The minimum atomic E-state index is -0.554. The van der Waals surface area contributed by atoms with E-state index >= 15 is 0 Å². The molecule has 4 rings (SSSR count). The van der Waals surface area contributed by atoms with Crippen LogP contribution in [0.5, 0.6) is 0 Å². The lowest BCUT2D eigenvalue weighted by molar-refractivity contribution is 0.0787. The molecule has 0 bridgehead atoms. The fraction of sp³-hybridized carbons (Fsp3) is 0.556. The summed E-state index contributed by atoms with van der Waals surface area (Å²) in [5, 5.41) is 3.09. The normalized spacial score (nSPS) is 34.0. The number of carbonyl (C=O) groups is 2. The van der Waals surface area contributed by atoms with Gasteiger partial charge in [-0.15, -0.1) is 0 Å². The van der Waals surface area contributed by atoms with E-state index < -0.39 is 5.41 Å². The Morgan fingerprint density at radius 1 is 1.30 bits per heavy atom. The molecule has 1 aromatic carbocycles. The minimum Gasteiger partial charge on any atom is -0.381 e. The number of ketones is 1. The van der Waals surface area contributed by atoms with Crippen LogP contribution in [0.2, 0.25) is 0 Å². The van der Waals surface area contributed by atoms with Gasteiger partial charge in [0.25, 0.3) is 5.91 Å². The highest BCUT2D eigenvalue weighted by atomic mass is 16.5. The number of nitrogens with zero attached hydrogens (tertiary/aromatic N) is 1. The number of hydrogen-bond donors (Lipinski definition) is 1. The molecule has 0 unspecified atom stereocenters. The maximum atomic E-state index is 13.1. The number of amides is 1. The van der Waals surface area contributed by atoms with Crippen LogP contribution < -0.4 is 5.32 Å². The quantitative estimate of drug-likeness (QED) is 0.895. The van der Waals surface area contributed by atoms with Crippen molar-refractivity contribution in [3.05, 3.63) is 35.4 Å². The van der Waals surface area contributed by atoms with E-state index in [1.54, 1.807) is 12.1 Å². The number of rotatable bonds is 2. The van der Waals surface area contributed by atoms with E-state index in [4.69, 9.17) is 4.74 Å². The molecule has 1 N–H and O–H groups in total. The van der Waals surface area contributed by atoms with Gasteiger partial charge in [-0.3, -0.25) is 14.5 Å². The Labute approximate surface area is 136 Å². The van der Waals surface area contributed by atoms with Crippen molar-refractivity contribution in [2.45, 2.75) is 19.4 Å². The van der Waals surface area contributed by atoms with Gasteiger partial charge >= 0.3 is 0 Å². The molecule has 1 aromatic rings. The molecular formula is C18H22N2O3. The molecule has 2 saturated heterocycles. The molecular weight excluding hydrogens is 292 g/mol. The molecule has 0 aromatic heterocycles. The second-order valence-electron chi connectivity index (χ2n) is 7.24. The van der Waals surface area contributed by atoms with Crippen LogP contribution in [0.1, 0.15) is 34.1 Å².